The lowest BCUT2D eigenvalue weighted by molar-refractivity contribution is -0.115. The third kappa shape index (κ3) is 3.03. The van der Waals surface area contributed by atoms with Crippen molar-refractivity contribution in [1.29, 1.82) is 0 Å². The van der Waals surface area contributed by atoms with Gasteiger partial charge in [-0.1, -0.05) is 78.9 Å². The van der Waals surface area contributed by atoms with E-state index >= 15 is 0 Å². The van der Waals surface area contributed by atoms with Crippen molar-refractivity contribution in [1.82, 2.24) is 5.32 Å². The van der Waals surface area contributed by atoms with E-state index in [1.54, 1.807) is 0 Å². The average Bonchev–Trinajstić information content (AvgIpc) is 2.93. The molecule has 0 spiro atoms. The van der Waals surface area contributed by atoms with Crippen molar-refractivity contribution in [3.8, 4) is 0 Å². The fourth-order valence-corrected chi connectivity index (χ4v) is 4.12. The van der Waals surface area contributed by atoms with Crippen LogP contribution in [0, 0.1) is 0 Å². The van der Waals surface area contributed by atoms with Crippen LogP contribution in [0.1, 0.15) is 17.2 Å². The number of anilines is 1. The van der Waals surface area contributed by atoms with E-state index in [9.17, 15) is 4.79 Å². The minimum Gasteiger partial charge on any atom is -0.378 e. The van der Waals surface area contributed by atoms with E-state index in [0.29, 0.717) is 18.8 Å². The van der Waals surface area contributed by atoms with E-state index < -0.39 is 0 Å². The quantitative estimate of drug-likeness (QED) is 0.744. The summed E-state index contributed by atoms with van der Waals surface area (Å²) in [5.74, 6) is -0.00872. The smallest absolute Gasteiger partial charge is 0.275 e. The van der Waals surface area contributed by atoms with Gasteiger partial charge < -0.3 is 5.32 Å². The lowest BCUT2D eigenvalue weighted by atomic mass is 9.91. The van der Waals surface area contributed by atoms with Gasteiger partial charge in [0.2, 0.25) is 0 Å². The van der Waals surface area contributed by atoms with Gasteiger partial charge in [0.15, 0.2) is 0 Å². The van der Waals surface area contributed by atoms with Crippen LogP contribution < -0.4 is 10.2 Å². The molecule has 0 fully saturated rings. The predicted molar refractivity (Wildman–Crippen MR) is 116 cm³/mol. The van der Waals surface area contributed by atoms with Gasteiger partial charge in [-0.2, -0.15) is 0 Å². The number of hydrogen-bond acceptors (Lipinski definition) is 3. The Morgan fingerprint density at radius 3 is 2.14 bits per heavy atom. The Kier molecular flexibility index (Phi) is 4.45. The molecular weight excluding hydrogens is 358 g/mol. The molecule has 1 N–H and O–H groups in total. The van der Waals surface area contributed by atoms with Crippen molar-refractivity contribution in [2.75, 3.05) is 18.0 Å². The average molecular weight is 379 g/mol. The van der Waals surface area contributed by atoms with Crippen molar-refractivity contribution in [3.05, 3.63) is 113 Å². The van der Waals surface area contributed by atoms with Crippen LogP contribution in [-0.4, -0.2) is 24.7 Å². The van der Waals surface area contributed by atoms with Gasteiger partial charge in [-0.05, 0) is 17.7 Å². The van der Waals surface area contributed by atoms with Gasteiger partial charge in [0.25, 0.3) is 5.91 Å². The summed E-state index contributed by atoms with van der Waals surface area (Å²) in [6, 6.07) is 30.0. The van der Waals surface area contributed by atoms with Crippen molar-refractivity contribution in [2.24, 2.45) is 4.99 Å². The highest BCUT2D eigenvalue weighted by Crippen LogP contribution is 2.42. The summed E-state index contributed by atoms with van der Waals surface area (Å²) in [4.78, 5) is 20.4. The second kappa shape index (κ2) is 7.40. The van der Waals surface area contributed by atoms with Crippen LogP contribution in [0.3, 0.4) is 0 Å². The Balaban J connectivity index is 1.73. The number of aliphatic imine (C=N–C) groups is 1. The predicted octanol–water partition coefficient (Wildman–Crippen LogP) is 4.12. The number of para-hydroxylation sites is 1. The van der Waals surface area contributed by atoms with Crippen LogP contribution in [0.5, 0.6) is 0 Å². The summed E-state index contributed by atoms with van der Waals surface area (Å²) in [7, 11) is 0. The van der Waals surface area contributed by atoms with E-state index in [2.05, 4.69) is 29.6 Å². The van der Waals surface area contributed by atoms with Crippen LogP contribution in [0.4, 0.5) is 5.69 Å². The van der Waals surface area contributed by atoms with Gasteiger partial charge in [0.1, 0.15) is 5.70 Å². The molecule has 1 amide bonds. The molecule has 0 saturated heterocycles. The van der Waals surface area contributed by atoms with E-state index in [0.717, 1.165) is 28.1 Å². The van der Waals surface area contributed by atoms with E-state index in [4.69, 9.17) is 4.99 Å². The maximum Gasteiger partial charge on any atom is 0.275 e. The Bertz CT molecular complexity index is 1090. The summed E-state index contributed by atoms with van der Waals surface area (Å²) in [6.07, 6.45) is 0. The number of nitrogens with one attached hydrogen (secondary N) is 1. The van der Waals surface area contributed by atoms with Gasteiger partial charge in [-0.3, -0.25) is 14.7 Å². The molecule has 2 aliphatic heterocycles. The third-order valence-electron chi connectivity index (χ3n) is 5.37. The highest BCUT2D eigenvalue weighted by molar-refractivity contribution is 6.23. The van der Waals surface area contributed by atoms with Crippen molar-refractivity contribution >= 4 is 17.3 Å². The van der Waals surface area contributed by atoms with Gasteiger partial charge in [-0.25, -0.2) is 0 Å². The van der Waals surface area contributed by atoms with Crippen molar-refractivity contribution < 1.29 is 4.79 Å². The summed E-state index contributed by atoms with van der Waals surface area (Å²) in [5, 5.41) is 3.37. The topological polar surface area (TPSA) is 44.7 Å². The van der Waals surface area contributed by atoms with E-state index in [-0.39, 0.29) is 11.9 Å². The van der Waals surface area contributed by atoms with Crippen LogP contribution in [0.15, 0.2) is 107 Å². The largest absolute Gasteiger partial charge is 0.378 e. The molecular formula is C25H21N3O. The molecule has 5 rings (SSSR count). The van der Waals surface area contributed by atoms with Gasteiger partial charge in [0, 0.05) is 23.4 Å². The number of hydrogen-bond donors (Lipinski definition) is 1. The van der Waals surface area contributed by atoms with Crippen LogP contribution in [0.2, 0.25) is 0 Å². The number of rotatable bonds is 3. The molecule has 2 heterocycles. The molecule has 0 unspecified atom stereocenters. The Morgan fingerprint density at radius 2 is 1.45 bits per heavy atom. The summed E-state index contributed by atoms with van der Waals surface area (Å²) in [6.45, 7) is 1.28. The van der Waals surface area contributed by atoms with Crippen LogP contribution in [0.25, 0.3) is 0 Å². The molecule has 0 radical (unpaired) electrons. The first-order valence-electron chi connectivity index (χ1n) is 9.86. The standard InChI is InChI=1S/C25H21N3O/c29-25-23-21(22(26-16-17-27-23)18-10-4-1-5-11-18)24(19-12-6-2-7-13-19)28(25)20-14-8-3-9-15-20/h1-15,24,27H,16-17H2/t24-/m0/s1. The first-order valence-corrected chi connectivity index (χ1v) is 9.86. The highest BCUT2D eigenvalue weighted by atomic mass is 16.2. The number of benzene rings is 3. The molecule has 3 aromatic carbocycles. The summed E-state index contributed by atoms with van der Waals surface area (Å²) >= 11 is 0. The molecule has 4 nitrogen and oxygen atoms in total. The number of amides is 1. The zero-order valence-corrected chi connectivity index (χ0v) is 16.0. The Hall–Kier alpha value is -3.66. The zero-order valence-electron chi connectivity index (χ0n) is 16.0. The fraction of sp³-hybridized carbons (Fsp3) is 0.120. The molecule has 0 bridgehead atoms. The molecule has 29 heavy (non-hydrogen) atoms. The molecule has 2 aliphatic rings. The normalized spacial score (nSPS) is 18.8. The molecule has 4 heteroatoms. The summed E-state index contributed by atoms with van der Waals surface area (Å²) < 4.78 is 0. The minimum absolute atomic E-state index is 0.00872. The molecule has 0 aliphatic carbocycles. The first kappa shape index (κ1) is 17.4. The van der Waals surface area contributed by atoms with E-state index in [1.807, 2.05) is 71.6 Å². The van der Waals surface area contributed by atoms with Crippen LogP contribution >= 0.6 is 0 Å². The second-order valence-corrected chi connectivity index (χ2v) is 7.14. The van der Waals surface area contributed by atoms with Gasteiger partial charge in [0.05, 0.1) is 18.3 Å². The maximum atomic E-state index is 13.6. The second-order valence-electron chi connectivity index (χ2n) is 7.14. The molecule has 3 aromatic rings. The highest BCUT2D eigenvalue weighted by Gasteiger charge is 2.43. The first-order chi connectivity index (χ1) is 14.3. The summed E-state index contributed by atoms with van der Waals surface area (Å²) in [5.41, 5.74) is 5.49. The monoisotopic (exact) mass is 379 g/mol. The Morgan fingerprint density at radius 1 is 0.828 bits per heavy atom. The number of nitrogens with zero attached hydrogens (tertiary/aromatic N) is 2. The number of carbonyl (C=O) groups excluding carboxylic acids is 1. The zero-order chi connectivity index (χ0) is 19.6. The van der Waals surface area contributed by atoms with Crippen molar-refractivity contribution in [2.45, 2.75) is 6.04 Å². The lowest BCUT2D eigenvalue weighted by Crippen LogP contribution is -2.33. The fourth-order valence-electron chi connectivity index (χ4n) is 4.12. The van der Waals surface area contributed by atoms with Gasteiger partial charge >= 0.3 is 0 Å². The van der Waals surface area contributed by atoms with Crippen molar-refractivity contribution in [3.63, 3.8) is 0 Å². The third-order valence-corrected chi connectivity index (χ3v) is 5.37. The Labute approximate surface area is 170 Å². The van der Waals surface area contributed by atoms with Crippen LogP contribution in [-0.2, 0) is 4.79 Å². The lowest BCUT2D eigenvalue weighted by Gasteiger charge is -2.28. The van der Waals surface area contributed by atoms with Gasteiger partial charge in [-0.15, -0.1) is 0 Å². The molecule has 0 aromatic heterocycles. The molecule has 0 saturated carbocycles. The molecule has 1 atom stereocenters. The maximum absolute atomic E-state index is 13.6. The minimum atomic E-state index is -0.231. The van der Waals surface area contributed by atoms with E-state index in [1.165, 1.54) is 0 Å². The SMILES string of the molecule is O=C1C2=C(C(c3ccccc3)=NCCN2)[C@H](c2ccccc2)N1c1ccccc1. The molecule has 142 valence electrons. The number of carbonyl (C=O) groups is 1.